The van der Waals surface area contributed by atoms with Crippen molar-refractivity contribution in [2.45, 2.75) is 39.2 Å². The molecule has 0 unspecified atom stereocenters. The molecule has 128 valence electrons. The van der Waals surface area contributed by atoms with Crippen LogP contribution >= 0.6 is 11.3 Å². The first-order valence-corrected chi connectivity index (χ1v) is 8.82. The minimum Gasteiger partial charge on any atom is -0.481 e. The molecular weight excluding hydrogens is 324 g/mol. The van der Waals surface area contributed by atoms with E-state index >= 15 is 0 Å². The quantitative estimate of drug-likeness (QED) is 0.798. The van der Waals surface area contributed by atoms with E-state index in [4.69, 9.17) is 5.11 Å². The van der Waals surface area contributed by atoms with Gasteiger partial charge in [-0.3, -0.25) is 9.59 Å². The minimum atomic E-state index is -0.896. The van der Waals surface area contributed by atoms with E-state index in [9.17, 15) is 9.59 Å². The highest BCUT2D eigenvalue weighted by Crippen LogP contribution is 2.16. The molecule has 6 heteroatoms. The van der Waals surface area contributed by atoms with Gasteiger partial charge in [0, 0.05) is 24.4 Å². The number of carboxylic acids is 1. The number of carboxylic acid groups (broad SMARTS) is 1. The molecular formula is C18H22N2O3S. The van der Waals surface area contributed by atoms with Crippen LogP contribution in [0.2, 0.25) is 0 Å². The molecule has 2 rings (SSSR count). The Labute approximate surface area is 146 Å². The van der Waals surface area contributed by atoms with Crippen molar-refractivity contribution in [2.75, 3.05) is 6.54 Å². The first-order valence-electron chi connectivity index (χ1n) is 7.94. The second kappa shape index (κ2) is 8.59. The first-order chi connectivity index (χ1) is 11.5. The maximum absolute atomic E-state index is 12.4. The molecule has 0 fully saturated rings. The van der Waals surface area contributed by atoms with E-state index in [0.717, 1.165) is 17.1 Å². The summed E-state index contributed by atoms with van der Waals surface area (Å²) in [5, 5.41) is 11.7. The lowest BCUT2D eigenvalue weighted by Gasteiger charge is -2.25. The van der Waals surface area contributed by atoms with Gasteiger partial charge in [0.15, 0.2) is 0 Å². The average Bonchev–Trinajstić information content (AvgIpc) is 2.94. The third kappa shape index (κ3) is 5.45. The third-order valence-electron chi connectivity index (χ3n) is 3.64. The standard InChI is InChI=1S/C18H22N2O3S/c1-13(2)20(9-8-18(22)23)17(21)11-15-12-24-16(19-15)10-14-6-4-3-5-7-14/h3-7,12-13H,8-11H2,1-2H3,(H,22,23). The molecule has 0 aliphatic rings. The fourth-order valence-electron chi connectivity index (χ4n) is 2.43. The second-order valence-electron chi connectivity index (χ2n) is 5.90. The molecule has 1 amide bonds. The summed E-state index contributed by atoms with van der Waals surface area (Å²) in [6, 6.07) is 10.1. The van der Waals surface area contributed by atoms with Gasteiger partial charge in [0.2, 0.25) is 5.91 Å². The smallest absolute Gasteiger partial charge is 0.305 e. The summed E-state index contributed by atoms with van der Waals surface area (Å²) in [4.78, 5) is 29.3. The minimum absolute atomic E-state index is 0.0284. The van der Waals surface area contributed by atoms with Gasteiger partial charge in [-0.15, -0.1) is 11.3 Å². The molecule has 0 saturated heterocycles. The summed E-state index contributed by atoms with van der Waals surface area (Å²) in [6.07, 6.45) is 0.927. The summed E-state index contributed by atoms with van der Waals surface area (Å²) in [5.41, 5.74) is 1.94. The van der Waals surface area contributed by atoms with Gasteiger partial charge in [0.25, 0.3) is 0 Å². The molecule has 0 spiro atoms. The lowest BCUT2D eigenvalue weighted by molar-refractivity contribution is -0.139. The zero-order chi connectivity index (χ0) is 17.5. The molecule has 1 N–H and O–H groups in total. The van der Waals surface area contributed by atoms with E-state index in [1.54, 1.807) is 16.2 Å². The summed E-state index contributed by atoms with van der Waals surface area (Å²) >= 11 is 1.55. The van der Waals surface area contributed by atoms with Gasteiger partial charge >= 0.3 is 5.97 Å². The molecule has 1 aromatic carbocycles. The molecule has 1 aromatic heterocycles. The van der Waals surface area contributed by atoms with Crippen LogP contribution < -0.4 is 0 Å². The first kappa shape index (κ1) is 18.1. The molecule has 24 heavy (non-hydrogen) atoms. The third-order valence-corrected chi connectivity index (χ3v) is 4.54. The SMILES string of the molecule is CC(C)N(CCC(=O)O)C(=O)Cc1csc(Cc2ccccc2)n1. The Hall–Kier alpha value is -2.21. The van der Waals surface area contributed by atoms with Gasteiger partial charge in [-0.2, -0.15) is 0 Å². The van der Waals surface area contributed by atoms with Crippen LogP contribution in [0.4, 0.5) is 0 Å². The summed E-state index contributed by atoms with van der Waals surface area (Å²) < 4.78 is 0. The van der Waals surface area contributed by atoms with E-state index in [2.05, 4.69) is 17.1 Å². The maximum Gasteiger partial charge on any atom is 0.305 e. The number of aliphatic carboxylic acids is 1. The lowest BCUT2D eigenvalue weighted by Crippen LogP contribution is -2.39. The van der Waals surface area contributed by atoms with E-state index < -0.39 is 5.97 Å². The zero-order valence-corrected chi connectivity index (χ0v) is 14.8. The van der Waals surface area contributed by atoms with Crippen molar-refractivity contribution in [2.24, 2.45) is 0 Å². The van der Waals surface area contributed by atoms with Crippen LogP contribution in [0.25, 0.3) is 0 Å². The number of hydrogen-bond acceptors (Lipinski definition) is 4. The zero-order valence-electron chi connectivity index (χ0n) is 13.9. The molecule has 0 aliphatic carbocycles. The van der Waals surface area contributed by atoms with Gasteiger partial charge in [-0.05, 0) is 19.4 Å². The van der Waals surface area contributed by atoms with E-state index in [0.29, 0.717) is 0 Å². The van der Waals surface area contributed by atoms with Crippen LogP contribution in [-0.4, -0.2) is 39.5 Å². The van der Waals surface area contributed by atoms with Crippen LogP contribution in [0.15, 0.2) is 35.7 Å². The maximum atomic E-state index is 12.4. The van der Waals surface area contributed by atoms with Crippen molar-refractivity contribution in [3.05, 3.63) is 52.0 Å². The normalized spacial score (nSPS) is 10.8. The average molecular weight is 346 g/mol. The Morgan fingerprint density at radius 2 is 1.96 bits per heavy atom. The van der Waals surface area contributed by atoms with Gasteiger partial charge in [-0.1, -0.05) is 30.3 Å². The number of aromatic nitrogens is 1. The van der Waals surface area contributed by atoms with E-state index in [1.165, 1.54) is 5.56 Å². The molecule has 0 radical (unpaired) electrons. The highest BCUT2D eigenvalue weighted by atomic mass is 32.1. The Kier molecular flexibility index (Phi) is 6.49. The number of thiazole rings is 1. The highest BCUT2D eigenvalue weighted by Gasteiger charge is 2.19. The van der Waals surface area contributed by atoms with Crippen molar-refractivity contribution in [1.29, 1.82) is 0 Å². The van der Waals surface area contributed by atoms with Crippen LogP contribution in [-0.2, 0) is 22.4 Å². The largest absolute Gasteiger partial charge is 0.481 e. The Morgan fingerprint density at radius 3 is 2.58 bits per heavy atom. The predicted molar refractivity (Wildman–Crippen MR) is 94.2 cm³/mol. The number of rotatable bonds is 8. The van der Waals surface area contributed by atoms with Crippen molar-refractivity contribution in [3.8, 4) is 0 Å². The van der Waals surface area contributed by atoms with Crippen molar-refractivity contribution >= 4 is 23.2 Å². The summed E-state index contributed by atoms with van der Waals surface area (Å²) in [6.45, 7) is 4.01. The molecule has 0 saturated carbocycles. The lowest BCUT2D eigenvalue weighted by atomic mass is 10.2. The van der Waals surface area contributed by atoms with Crippen LogP contribution in [0, 0.1) is 0 Å². The van der Waals surface area contributed by atoms with E-state index in [1.807, 2.05) is 37.4 Å². The van der Waals surface area contributed by atoms with Crippen molar-refractivity contribution in [1.82, 2.24) is 9.88 Å². The molecule has 0 bridgehead atoms. The summed E-state index contributed by atoms with van der Waals surface area (Å²) in [7, 11) is 0. The van der Waals surface area contributed by atoms with Crippen LogP contribution in [0.3, 0.4) is 0 Å². The Balaban J connectivity index is 1.97. The van der Waals surface area contributed by atoms with Crippen molar-refractivity contribution in [3.63, 3.8) is 0 Å². The van der Waals surface area contributed by atoms with E-state index in [-0.39, 0.29) is 31.3 Å². The number of carbonyl (C=O) groups excluding carboxylic acids is 1. The van der Waals surface area contributed by atoms with Gasteiger partial charge in [0.05, 0.1) is 23.5 Å². The molecule has 5 nitrogen and oxygen atoms in total. The fourth-order valence-corrected chi connectivity index (χ4v) is 3.25. The van der Waals surface area contributed by atoms with Crippen LogP contribution in [0.1, 0.15) is 36.5 Å². The van der Waals surface area contributed by atoms with Crippen LogP contribution in [0.5, 0.6) is 0 Å². The number of amides is 1. The Bertz CT molecular complexity index is 683. The number of carbonyl (C=O) groups is 2. The molecule has 2 aromatic rings. The number of benzene rings is 1. The summed E-state index contributed by atoms with van der Waals surface area (Å²) in [5.74, 6) is -0.977. The highest BCUT2D eigenvalue weighted by molar-refractivity contribution is 7.09. The predicted octanol–water partition coefficient (Wildman–Crippen LogP) is 2.99. The molecule has 0 aliphatic heterocycles. The second-order valence-corrected chi connectivity index (χ2v) is 6.84. The number of hydrogen-bond donors (Lipinski definition) is 1. The van der Waals surface area contributed by atoms with Crippen molar-refractivity contribution < 1.29 is 14.7 Å². The topological polar surface area (TPSA) is 70.5 Å². The van der Waals surface area contributed by atoms with Gasteiger partial charge < -0.3 is 10.0 Å². The van der Waals surface area contributed by atoms with Gasteiger partial charge in [0.1, 0.15) is 0 Å². The molecule has 0 atom stereocenters. The number of nitrogens with zero attached hydrogens (tertiary/aromatic N) is 2. The van der Waals surface area contributed by atoms with Gasteiger partial charge in [-0.25, -0.2) is 4.98 Å². The fraction of sp³-hybridized carbons (Fsp3) is 0.389. The Morgan fingerprint density at radius 1 is 1.25 bits per heavy atom. The monoisotopic (exact) mass is 346 g/mol. The molecule has 1 heterocycles.